The van der Waals surface area contributed by atoms with Crippen LogP contribution in [0.1, 0.15) is 28.9 Å². The number of hydrogen-bond donors (Lipinski definition) is 0. The summed E-state index contributed by atoms with van der Waals surface area (Å²) in [7, 11) is 3.07. The summed E-state index contributed by atoms with van der Waals surface area (Å²) in [5.41, 5.74) is 1.16. The summed E-state index contributed by atoms with van der Waals surface area (Å²) in [4.78, 5) is 21.5. The second-order valence-corrected chi connectivity index (χ2v) is 3.23. The molecule has 5 nitrogen and oxygen atoms in total. The van der Waals surface area contributed by atoms with Crippen molar-refractivity contribution in [2.75, 3.05) is 7.11 Å². The molecule has 0 aliphatic heterocycles. The zero-order chi connectivity index (χ0) is 11.3. The SMILES string of the molecule is COC(=O)c1nn(C)cc1CCCC=O. The first-order chi connectivity index (χ1) is 7.19. The van der Waals surface area contributed by atoms with E-state index >= 15 is 0 Å². The van der Waals surface area contributed by atoms with Gasteiger partial charge in [0.1, 0.15) is 6.29 Å². The Morgan fingerprint density at radius 3 is 3.00 bits per heavy atom. The van der Waals surface area contributed by atoms with Crippen LogP contribution in [0, 0.1) is 0 Å². The Balaban J connectivity index is 2.76. The Morgan fingerprint density at radius 1 is 1.67 bits per heavy atom. The van der Waals surface area contributed by atoms with E-state index in [1.54, 1.807) is 17.9 Å². The fraction of sp³-hybridized carbons (Fsp3) is 0.500. The number of aryl methyl sites for hydroxylation is 2. The summed E-state index contributed by atoms with van der Waals surface area (Å²) in [6.07, 6.45) is 4.52. The van der Waals surface area contributed by atoms with Gasteiger partial charge in [-0.15, -0.1) is 0 Å². The van der Waals surface area contributed by atoms with Crippen LogP contribution in [0.3, 0.4) is 0 Å². The van der Waals surface area contributed by atoms with Crippen LogP contribution in [-0.2, 0) is 23.0 Å². The van der Waals surface area contributed by atoms with Crippen molar-refractivity contribution in [1.29, 1.82) is 0 Å². The monoisotopic (exact) mass is 210 g/mol. The van der Waals surface area contributed by atoms with Gasteiger partial charge in [-0.25, -0.2) is 4.79 Å². The van der Waals surface area contributed by atoms with Gasteiger partial charge in [-0.3, -0.25) is 4.68 Å². The highest BCUT2D eigenvalue weighted by atomic mass is 16.5. The minimum atomic E-state index is -0.434. The van der Waals surface area contributed by atoms with E-state index in [0.717, 1.165) is 18.3 Å². The number of unbranched alkanes of at least 4 members (excludes halogenated alkanes) is 1. The number of rotatable bonds is 5. The molecule has 5 heteroatoms. The van der Waals surface area contributed by atoms with Crippen molar-refractivity contribution < 1.29 is 14.3 Å². The van der Waals surface area contributed by atoms with Gasteiger partial charge in [0.25, 0.3) is 0 Å². The molecule has 0 saturated carbocycles. The third-order valence-electron chi connectivity index (χ3n) is 2.05. The number of nitrogens with zero attached hydrogens (tertiary/aromatic N) is 2. The van der Waals surface area contributed by atoms with Crippen LogP contribution >= 0.6 is 0 Å². The van der Waals surface area contributed by atoms with Crippen molar-refractivity contribution in [2.45, 2.75) is 19.3 Å². The molecule has 0 fully saturated rings. The number of ether oxygens (including phenoxy) is 1. The van der Waals surface area contributed by atoms with E-state index in [4.69, 9.17) is 0 Å². The molecule has 1 aromatic rings. The third kappa shape index (κ3) is 2.90. The highest BCUT2D eigenvalue weighted by molar-refractivity contribution is 5.88. The highest BCUT2D eigenvalue weighted by Crippen LogP contribution is 2.10. The molecule has 0 atom stereocenters. The lowest BCUT2D eigenvalue weighted by Gasteiger charge is -1.98. The molecule has 0 saturated heterocycles. The average molecular weight is 210 g/mol. The normalized spacial score (nSPS) is 10.0. The molecule has 0 N–H and O–H groups in total. The molecular weight excluding hydrogens is 196 g/mol. The molecule has 1 aromatic heterocycles. The Hall–Kier alpha value is -1.65. The summed E-state index contributed by atoms with van der Waals surface area (Å²) < 4.78 is 6.18. The van der Waals surface area contributed by atoms with Gasteiger partial charge in [-0.1, -0.05) is 0 Å². The number of carbonyl (C=O) groups is 2. The van der Waals surface area contributed by atoms with Gasteiger partial charge < -0.3 is 9.53 Å². The summed E-state index contributed by atoms with van der Waals surface area (Å²) in [6.45, 7) is 0. The topological polar surface area (TPSA) is 61.2 Å². The fourth-order valence-electron chi connectivity index (χ4n) is 1.36. The largest absolute Gasteiger partial charge is 0.464 e. The number of carbonyl (C=O) groups excluding carboxylic acids is 2. The van der Waals surface area contributed by atoms with Crippen LogP contribution in [0.5, 0.6) is 0 Å². The van der Waals surface area contributed by atoms with Crippen molar-refractivity contribution in [3.63, 3.8) is 0 Å². The molecule has 0 spiro atoms. The zero-order valence-electron chi connectivity index (χ0n) is 8.90. The van der Waals surface area contributed by atoms with E-state index in [0.29, 0.717) is 18.5 Å². The predicted molar refractivity (Wildman–Crippen MR) is 53.5 cm³/mol. The van der Waals surface area contributed by atoms with Crippen molar-refractivity contribution in [1.82, 2.24) is 9.78 Å². The number of hydrogen-bond acceptors (Lipinski definition) is 4. The number of esters is 1. The molecule has 0 aliphatic rings. The Bertz CT molecular complexity index is 358. The molecule has 0 aromatic carbocycles. The van der Waals surface area contributed by atoms with Gasteiger partial charge >= 0.3 is 5.97 Å². The Kier molecular flexibility index (Phi) is 4.03. The summed E-state index contributed by atoms with van der Waals surface area (Å²) in [5, 5.41) is 4.01. The van der Waals surface area contributed by atoms with Gasteiger partial charge in [-0.05, 0) is 12.8 Å². The van der Waals surface area contributed by atoms with E-state index in [1.807, 2.05) is 0 Å². The lowest BCUT2D eigenvalue weighted by molar-refractivity contribution is -0.107. The molecule has 0 radical (unpaired) electrons. The van der Waals surface area contributed by atoms with Crippen molar-refractivity contribution in [3.8, 4) is 0 Å². The van der Waals surface area contributed by atoms with Gasteiger partial charge in [0.05, 0.1) is 7.11 Å². The van der Waals surface area contributed by atoms with Gasteiger partial charge in [0.15, 0.2) is 5.69 Å². The summed E-state index contributed by atoms with van der Waals surface area (Å²) in [5.74, 6) is -0.434. The van der Waals surface area contributed by atoms with Crippen LogP contribution in [0.2, 0.25) is 0 Å². The lowest BCUT2D eigenvalue weighted by atomic mass is 10.1. The van der Waals surface area contributed by atoms with Crippen molar-refractivity contribution in [3.05, 3.63) is 17.5 Å². The van der Waals surface area contributed by atoms with E-state index in [1.165, 1.54) is 7.11 Å². The maximum atomic E-state index is 11.3. The zero-order valence-corrected chi connectivity index (χ0v) is 8.90. The number of aldehydes is 1. The van der Waals surface area contributed by atoms with Crippen molar-refractivity contribution in [2.24, 2.45) is 7.05 Å². The van der Waals surface area contributed by atoms with Crippen LogP contribution in [-0.4, -0.2) is 29.1 Å². The molecule has 1 rings (SSSR count). The minimum Gasteiger partial charge on any atom is -0.464 e. The van der Waals surface area contributed by atoms with Crippen LogP contribution in [0.25, 0.3) is 0 Å². The molecule has 0 amide bonds. The second-order valence-electron chi connectivity index (χ2n) is 3.23. The van der Waals surface area contributed by atoms with E-state index in [9.17, 15) is 9.59 Å². The standard InChI is InChI=1S/C10H14N2O3/c1-12-7-8(5-3-4-6-13)9(11-12)10(14)15-2/h6-7H,3-5H2,1-2H3. The smallest absolute Gasteiger partial charge is 0.358 e. The van der Waals surface area contributed by atoms with Gasteiger partial charge in [0.2, 0.25) is 0 Å². The van der Waals surface area contributed by atoms with Crippen LogP contribution in [0.4, 0.5) is 0 Å². The van der Waals surface area contributed by atoms with E-state index in [-0.39, 0.29) is 0 Å². The van der Waals surface area contributed by atoms with Gasteiger partial charge in [-0.2, -0.15) is 5.10 Å². The Morgan fingerprint density at radius 2 is 2.40 bits per heavy atom. The molecule has 1 heterocycles. The van der Waals surface area contributed by atoms with E-state index in [2.05, 4.69) is 9.84 Å². The van der Waals surface area contributed by atoms with Crippen LogP contribution in [0.15, 0.2) is 6.20 Å². The summed E-state index contributed by atoms with van der Waals surface area (Å²) in [6, 6.07) is 0. The van der Waals surface area contributed by atoms with Crippen LogP contribution < -0.4 is 0 Å². The van der Waals surface area contributed by atoms with Gasteiger partial charge in [0, 0.05) is 25.2 Å². The van der Waals surface area contributed by atoms with Crippen molar-refractivity contribution >= 4 is 12.3 Å². The summed E-state index contributed by atoms with van der Waals surface area (Å²) >= 11 is 0. The predicted octanol–water partition coefficient (Wildman–Crippen LogP) is 0.728. The first-order valence-electron chi connectivity index (χ1n) is 4.73. The minimum absolute atomic E-state index is 0.339. The molecule has 0 unspecified atom stereocenters. The fourth-order valence-corrected chi connectivity index (χ4v) is 1.36. The average Bonchev–Trinajstić information content (AvgIpc) is 2.59. The molecular formula is C10H14N2O3. The Labute approximate surface area is 88.0 Å². The van der Waals surface area contributed by atoms with E-state index < -0.39 is 5.97 Å². The number of aromatic nitrogens is 2. The molecule has 15 heavy (non-hydrogen) atoms. The molecule has 82 valence electrons. The molecule has 0 aliphatic carbocycles. The first-order valence-corrected chi connectivity index (χ1v) is 4.73. The third-order valence-corrected chi connectivity index (χ3v) is 2.05. The maximum Gasteiger partial charge on any atom is 0.358 e. The lowest BCUT2D eigenvalue weighted by Crippen LogP contribution is -2.06. The second kappa shape index (κ2) is 5.29. The highest BCUT2D eigenvalue weighted by Gasteiger charge is 2.15. The first kappa shape index (κ1) is 11.4. The number of methoxy groups -OCH3 is 1. The maximum absolute atomic E-state index is 11.3. The molecule has 0 bridgehead atoms. The quantitative estimate of drug-likeness (QED) is 0.408.